The largest absolute Gasteiger partial charge is 0.456 e. The second kappa shape index (κ2) is 10.8. The smallest absolute Gasteiger partial charge is 0.235 e. The zero-order chi connectivity index (χ0) is 33.5. The molecule has 0 aliphatic carbocycles. The Balaban J connectivity index is 1.30. The Labute approximate surface area is 291 Å². The zero-order valence-electron chi connectivity index (χ0n) is 27.2. The van der Waals surface area contributed by atoms with Gasteiger partial charge in [0.2, 0.25) is 5.95 Å². The Kier molecular flexibility index (Phi) is 5.89. The fraction of sp³-hybridized carbons (Fsp3) is 0. The fourth-order valence-electron chi connectivity index (χ4n) is 7.71. The molecule has 0 saturated carbocycles. The third kappa shape index (κ3) is 4.22. The van der Waals surface area contributed by atoms with Gasteiger partial charge in [0.25, 0.3) is 0 Å². The number of hydrogen-bond acceptors (Lipinski definition) is 4. The summed E-state index contributed by atoms with van der Waals surface area (Å²) in [5.41, 5.74) is 11.3. The molecule has 5 nitrogen and oxygen atoms in total. The highest BCUT2D eigenvalue weighted by molar-refractivity contribution is 6.26. The average Bonchev–Trinajstić information content (AvgIpc) is 3.88. The summed E-state index contributed by atoms with van der Waals surface area (Å²) in [7, 11) is 0. The first-order valence-corrected chi connectivity index (χ1v) is 17.1. The van der Waals surface area contributed by atoms with Crippen molar-refractivity contribution >= 4 is 65.7 Å². The number of furan rings is 2. The van der Waals surface area contributed by atoms with Crippen molar-refractivity contribution in [3.05, 3.63) is 164 Å². The van der Waals surface area contributed by atoms with E-state index in [1.165, 1.54) is 0 Å². The second-order valence-electron chi connectivity index (χ2n) is 13.0. The molecule has 0 aliphatic heterocycles. The molecule has 0 unspecified atom stereocenters. The minimum Gasteiger partial charge on any atom is -0.456 e. The average molecular weight is 654 g/mol. The number of fused-ring (bicyclic) bond motifs is 10. The van der Waals surface area contributed by atoms with E-state index in [0.29, 0.717) is 5.95 Å². The summed E-state index contributed by atoms with van der Waals surface area (Å²) < 4.78 is 15.2. The Morgan fingerprint density at radius 2 is 0.980 bits per heavy atom. The predicted octanol–water partition coefficient (Wildman–Crippen LogP) is 12.4. The van der Waals surface area contributed by atoms with E-state index >= 15 is 0 Å². The van der Waals surface area contributed by atoms with E-state index in [-0.39, 0.29) is 0 Å². The normalized spacial score (nSPS) is 11.9. The van der Waals surface area contributed by atoms with Crippen LogP contribution < -0.4 is 0 Å². The quantitative estimate of drug-likeness (QED) is 0.190. The van der Waals surface area contributed by atoms with Gasteiger partial charge in [0.1, 0.15) is 22.3 Å². The highest BCUT2D eigenvalue weighted by atomic mass is 16.3. The van der Waals surface area contributed by atoms with Gasteiger partial charge < -0.3 is 8.83 Å². The maximum Gasteiger partial charge on any atom is 0.235 e. The van der Waals surface area contributed by atoms with Crippen LogP contribution in [-0.4, -0.2) is 14.5 Å². The summed E-state index contributed by atoms with van der Waals surface area (Å²) in [6, 6.07) is 56.5. The van der Waals surface area contributed by atoms with Crippen LogP contribution in [-0.2, 0) is 0 Å². The summed E-state index contributed by atoms with van der Waals surface area (Å²) in [6.45, 7) is 0. The number of para-hydroxylation sites is 3. The molecule has 0 fully saturated rings. The Morgan fingerprint density at radius 3 is 1.69 bits per heavy atom. The lowest BCUT2D eigenvalue weighted by atomic mass is 9.95. The lowest BCUT2D eigenvalue weighted by Gasteiger charge is -2.12. The molecule has 0 N–H and O–H groups in total. The van der Waals surface area contributed by atoms with Gasteiger partial charge in [0.15, 0.2) is 5.58 Å². The predicted molar refractivity (Wildman–Crippen MR) is 207 cm³/mol. The van der Waals surface area contributed by atoms with E-state index < -0.39 is 0 Å². The first-order chi connectivity index (χ1) is 25.3. The van der Waals surface area contributed by atoms with Crippen LogP contribution >= 0.6 is 0 Å². The molecule has 238 valence electrons. The number of nitrogens with zero attached hydrogens (tertiary/aromatic N) is 3. The van der Waals surface area contributed by atoms with Crippen LogP contribution in [0.25, 0.3) is 105 Å². The molecule has 5 heteroatoms. The third-order valence-electron chi connectivity index (χ3n) is 10.0. The molecular formula is C46H27N3O2. The molecule has 0 saturated heterocycles. The van der Waals surface area contributed by atoms with Gasteiger partial charge in [-0.2, -0.15) is 0 Å². The van der Waals surface area contributed by atoms with Crippen LogP contribution in [0.15, 0.2) is 173 Å². The molecule has 4 heterocycles. The molecule has 0 atom stereocenters. The van der Waals surface area contributed by atoms with Crippen LogP contribution in [0.1, 0.15) is 0 Å². The Morgan fingerprint density at radius 1 is 0.412 bits per heavy atom. The lowest BCUT2D eigenvalue weighted by Crippen LogP contribution is -2.04. The third-order valence-corrected chi connectivity index (χ3v) is 10.0. The van der Waals surface area contributed by atoms with Crippen LogP contribution in [0.2, 0.25) is 0 Å². The van der Waals surface area contributed by atoms with Gasteiger partial charge in [-0.1, -0.05) is 121 Å². The van der Waals surface area contributed by atoms with Gasteiger partial charge in [0, 0.05) is 43.4 Å². The van der Waals surface area contributed by atoms with Crippen LogP contribution in [0.4, 0.5) is 0 Å². The van der Waals surface area contributed by atoms with Crippen molar-refractivity contribution < 1.29 is 8.83 Å². The highest BCUT2D eigenvalue weighted by Crippen LogP contribution is 2.46. The molecule has 0 radical (unpaired) electrons. The molecule has 11 aromatic rings. The van der Waals surface area contributed by atoms with Crippen molar-refractivity contribution in [1.82, 2.24) is 14.5 Å². The molecule has 0 aliphatic rings. The van der Waals surface area contributed by atoms with Gasteiger partial charge in [-0.3, -0.25) is 4.57 Å². The van der Waals surface area contributed by atoms with Gasteiger partial charge in [-0.25, -0.2) is 9.97 Å². The van der Waals surface area contributed by atoms with Crippen LogP contribution in [0.5, 0.6) is 0 Å². The standard InChI is InChI=1S/C46H27N3O2/c1-3-13-28(14-4-1)37-27-38(29-15-5-2-6-16-29)48-46(47-37)49-39-20-10-7-19-33(39)43-34(26-36-32-18-9-12-22-41(32)51-45(36)44(43)49)30-23-24-42-35(25-30)31-17-8-11-21-40(31)50-42/h1-27H. The number of rotatable bonds is 4. The molecule has 51 heavy (non-hydrogen) atoms. The van der Waals surface area contributed by atoms with E-state index in [9.17, 15) is 0 Å². The van der Waals surface area contributed by atoms with Gasteiger partial charge in [0.05, 0.1) is 16.9 Å². The van der Waals surface area contributed by atoms with Crippen molar-refractivity contribution in [3.63, 3.8) is 0 Å². The molecule has 0 bridgehead atoms. The summed E-state index contributed by atoms with van der Waals surface area (Å²) in [5, 5.41) is 6.46. The molecule has 11 rings (SSSR count). The Bertz CT molecular complexity index is 3080. The first-order valence-electron chi connectivity index (χ1n) is 17.1. The molecular weight excluding hydrogens is 627 g/mol. The second-order valence-corrected chi connectivity index (χ2v) is 13.0. The zero-order valence-corrected chi connectivity index (χ0v) is 27.2. The van der Waals surface area contributed by atoms with Crippen molar-refractivity contribution in [2.24, 2.45) is 0 Å². The summed E-state index contributed by atoms with van der Waals surface area (Å²) in [5.74, 6) is 0.580. The number of aromatic nitrogens is 3. The van der Waals surface area contributed by atoms with Crippen molar-refractivity contribution in [2.45, 2.75) is 0 Å². The maximum atomic E-state index is 6.80. The Hall–Kier alpha value is -6.98. The van der Waals surface area contributed by atoms with Gasteiger partial charge >= 0.3 is 0 Å². The molecule has 0 amide bonds. The summed E-state index contributed by atoms with van der Waals surface area (Å²) in [4.78, 5) is 10.6. The van der Waals surface area contributed by atoms with E-state index in [0.717, 1.165) is 99.3 Å². The van der Waals surface area contributed by atoms with Crippen LogP contribution in [0.3, 0.4) is 0 Å². The number of benzene rings is 7. The monoisotopic (exact) mass is 653 g/mol. The van der Waals surface area contributed by atoms with Gasteiger partial charge in [-0.05, 0) is 53.6 Å². The number of hydrogen-bond donors (Lipinski definition) is 0. The van der Waals surface area contributed by atoms with Crippen molar-refractivity contribution in [3.8, 4) is 39.6 Å². The van der Waals surface area contributed by atoms with Crippen LogP contribution in [0, 0.1) is 0 Å². The fourth-order valence-corrected chi connectivity index (χ4v) is 7.71. The summed E-state index contributed by atoms with van der Waals surface area (Å²) >= 11 is 0. The minimum atomic E-state index is 0.580. The first kappa shape index (κ1) is 27.9. The van der Waals surface area contributed by atoms with E-state index in [2.05, 4.69) is 108 Å². The van der Waals surface area contributed by atoms with E-state index in [1.54, 1.807) is 0 Å². The lowest BCUT2D eigenvalue weighted by molar-refractivity contribution is 0.669. The molecule has 7 aromatic carbocycles. The SMILES string of the molecule is c1ccc(-c2cc(-c3ccccc3)nc(-n3c4ccccc4c4c(-c5ccc6oc7ccccc7c6c5)cc5c6ccccc6oc5c43)n2)cc1. The maximum absolute atomic E-state index is 6.80. The minimum absolute atomic E-state index is 0.580. The van der Waals surface area contributed by atoms with Crippen molar-refractivity contribution in [2.75, 3.05) is 0 Å². The topological polar surface area (TPSA) is 57.0 Å². The highest BCUT2D eigenvalue weighted by Gasteiger charge is 2.25. The molecule has 0 spiro atoms. The van der Waals surface area contributed by atoms with E-state index in [1.807, 2.05) is 60.7 Å². The van der Waals surface area contributed by atoms with Crippen molar-refractivity contribution in [1.29, 1.82) is 0 Å². The summed E-state index contributed by atoms with van der Waals surface area (Å²) in [6.07, 6.45) is 0. The molecule has 4 aromatic heterocycles. The van der Waals surface area contributed by atoms with Gasteiger partial charge in [-0.15, -0.1) is 0 Å². The van der Waals surface area contributed by atoms with E-state index in [4.69, 9.17) is 18.8 Å².